The lowest BCUT2D eigenvalue weighted by Gasteiger charge is -2.12. The summed E-state index contributed by atoms with van der Waals surface area (Å²) in [7, 11) is 3.37. The van der Waals surface area contributed by atoms with Crippen LogP contribution in [0.3, 0.4) is 0 Å². The normalized spacial score (nSPS) is 10.2. The quantitative estimate of drug-likeness (QED) is 0.847. The number of anilines is 2. The molecule has 2 aromatic carbocycles. The third kappa shape index (κ3) is 4.88. The summed E-state index contributed by atoms with van der Waals surface area (Å²) in [6.07, 6.45) is 0. The second-order valence-electron chi connectivity index (χ2n) is 5.31. The highest BCUT2D eigenvalue weighted by atomic mass is 35.5. The Hall–Kier alpha value is -2.24. The zero-order valence-electron chi connectivity index (χ0n) is 13.3. The van der Waals surface area contributed by atoms with E-state index in [-0.39, 0.29) is 18.4 Å². The number of benzene rings is 2. The molecule has 0 aliphatic carbocycles. The molecule has 0 atom stereocenters. The summed E-state index contributed by atoms with van der Waals surface area (Å²) in [4.78, 5) is 25.5. The summed E-state index contributed by atoms with van der Waals surface area (Å²) < 4.78 is 0. The van der Waals surface area contributed by atoms with Crippen molar-refractivity contribution in [3.63, 3.8) is 0 Å². The van der Waals surface area contributed by atoms with E-state index in [2.05, 4.69) is 10.6 Å². The number of carbonyl (C=O) groups excluding carboxylic acids is 2. The number of nitrogens with zero attached hydrogens (tertiary/aromatic N) is 1. The van der Waals surface area contributed by atoms with Crippen LogP contribution in [0.4, 0.5) is 11.4 Å². The third-order valence-electron chi connectivity index (χ3n) is 3.17. The molecule has 0 radical (unpaired) electrons. The Labute approximate surface area is 150 Å². The average molecular weight is 366 g/mol. The molecule has 0 saturated heterocycles. The fraction of sp³-hybridized carbons (Fsp3) is 0.176. The maximum absolute atomic E-state index is 12.0. The lowest BCUT2D eigenvalue weighted by atomic mass is 10.2. The summed E-state index contributed by atoms with van der Waals surface area (Å²) in [6.45, 7) is 0.0302. The first kappa shape index (κ1) is 18.1. The van der Waals surface area contributed by atoms with Gasteiger partial charge in [0.2, 0.25) is 5.91 Å². The molecule has 2 N–H and O–H groups in total. The topological polar surface area (TPSA) is 61.4 Å². The maximum atomic E-state index is 12.0. The Morgan fingerprint density at radius 1 is 1.08 bits per heavy atom. The first-order valence-electron chi connectivity index (χ1n) is 7.17. The number of hydrogen-bond acceptors (Lipinski definition) is 3. The van der Waals surface area contributed by atoms with E-state index in [0.717, 1.165) is 0 Å². The number of halogens is 2. The number of hydrogen-bond donors (Lipinski definition) is 2. The molecule has 0 unspecified atom stereocenters. The van der Waals surface area contributed by atoms with Gasteiger partial charge in [0.05, 0.1) is 17.3 Å². The average Bonchev–Trinajstić information content (AvgIpc) is 2.56. The van der Waals surface area contributed by atoms with E-state index in [1.807, 2.05) is 0 Å². The number of amides is 2. The molecule has 0 aromatic heterocycles. The van der Waals surface area contributed by atoms with Gasteiger partial charge in [-0.25, -0.2) is 0 Å². The maximum Gasteiger partial charge on any atom is 0.253 e. The lowest BCUT2D eigenvalue weighted by Crippen LogP contribution is -2.23. The van der Waals surface area contributed by atoms with E-state index in [1.165, 1.54) is 4.90 Å². The second kappa shape index (κ2) is 8.04. The van der Waals surface area contributed by atoms with Gasteiger partial charge in [-0.2, -0.15) is 0 Å². The van der Waals surface area contributed by atoms with Crippen LogP contribution in [0.2, 0.25) is 10.0 Å². The highest BCUT2D eigenvalue weighted by Crippen LogP contribution is 2.25. The minimum atomic E-state index is -0.275. The van der Waals surface area contributed by atoms with E-state index in [0.29, 0.717) is 27.0 Å². The van der Waals surface area contributed by atoms with E-state index in [4.69, 9.17) is 23.2 Å². The Morgan fingerprint density at radius 3 is 2.54 bits per heavy atom. The van der Waals surface area contributed by atoms with Crippen molar-refractivity contribution in [1.82, 2.24) is 4.90 Å². The minimum Gasteiger partial charge on any atom is -0.376 e. The standard InChI is InChI=1S/C17H17Cl2N3O2/c1-22(2)17(24)11-4-3-5-13(8-11)20-10-16(23)21-15-9-12(18)6-7-14(15)19/h3-9,20H,10H2,1-2H3,(H,21,23). The zero-order valence-corrected chi connectivity index (χ0v) is 14.8. The van der Waals surface area contributed by atoms with Gasteiger partial charge in [-0.05, 0) is 36.4 Å². The van der Waals surface area contributed by atoms with Gasteiger partial charge in [-0.15, -0.1) is 0 Å². The van der Waals surface area contributed by atoms with Crippen molar-refractivity contribution >= 4 is 46.4 Å². The summed E-state index contributed by atoms with van der Waals surface area (Å²) in [5.41, 5.74) is 1.67. The molecule has 0 fully saturated rings. The van der Waals surface area contributed by atoms with Crippen LogP contribution in [0, 0.1) is 0 Å². The Balaban J connectivity index is 1.98. The van der Waals surface area contributed by atoms with Crippen molar-refractivity contribution in [2.24, 2.45) is 0 Å². The first-order chi connectivity index (χ1) is 11.4. The summed E-state index contributed by atoms with van der Waals surface area (Å²) in [5.74, 6) is -0.377. The molecule has 0 saturated carbocycles. The smallest absolute Gasteiger partial charge is 0.253 e. The van der Waals surface area contributed by atoms with Crippen molar-refractivity contribution in [2.75, 3.05) is 31.3 Å². The van der Waals surface area contributed by atoms with Crippen LogP contribution in [0.5, 0.6) is 0 Å². The lowest BCUT2D eigenvalue weighted by molar-refractivity contribution is -0.114. The van der Waals surface area contributed by atoms with Gasteiger partial charge in [0.15, 0.2) is 0 Å². The summed E-state index contributed by atoms with van der Waals surface area (Å²) in [5, 5.41) is 6.55. The molecule has 5 nitrogen and oxygen atoms in total. The third-order valence-corrected chi connectivity index (χ3v) is 3.74. The molecular weight excluding hydrogens is 349 g/mol. The van der Waals surface area contributed by atoms with Crippen molar-refractivity contribution < 1.29 is 9.59 Å². The van der Waals surface area contributed by atoms with Gasteiger partial charge in [0, 0.05) is 30.4 Å². The van der Waals surface area contributed by atoms with Crippen molar-refractivity contribution in [3.8, 4) is 0 Å². The number of carbonyl (C=O) groups is 2. The molecule has 0 aliphatic rings. The van der Waals surface area contributed by atoms with Gasteiger partial charge in [-0.3, -0.25) is 9.59 Å². The zero-order chi connectivity index (χ0) is 17.7. The van der Waals surface area contributed by atoms with Crippen molar-refractivity contribution in [2.45, 2.75) is 0 Å². The molecule has 0 spiro atoms. The van der Waals surface area contributed by atoms with Crippen LogP contribution >= 0.6 is 23.2 Å². The van der Waals surface area contributed by atoms with E-state index in [9.17, 15) is 9.59 Å². The second-order valence-corrected chi connectivity index (χ2v) is 6.15. The molecule has 126 valence electrons. The Kier molecular flexibility index (Phi) is 6.06. The molecule has 7 heteroatoms. The van der Waals surface area contributed by atoms with Gasteiger partial charge in [-0.1, -0.05) is 29.3 Å². The van der Waals surface area contributed by atoms with Crippen LogP contribution in [0.1, 0.15) is 10.4 Å². The van der Waals surface area contributed by atoms with Gasteiger partial charge < -0.3 is 15.5 Å². The highest BCUT2D eigenvalue weighted by Gasteiger charge is 2.10. The minimum absolute atomic E-state index is 0.0302. The Bertz CT molecular complexity index is 763. The van der Waals surface area contributed by atoms with Crippen LogP contribution < -0.4 is 10.6 Å². The van der Waals surface area contributed by atoms with Crippen LogP contribution in [0.15, 0.2) is 42.5 Å². The molecular formula is C17H17Cl2N3O2. The molecule has 0 bridgehead atoms. The van der Waals surface area contributed by atoms with E-state index in [1.54, 1.807) is 56.6 Å². The molecule has 2 aromatic rings. The van der Waals surface area contributed by atoms with Gasteiger partial charge in [0.1, 0.15) is 0 Å². The van der Waals surface area contributed by atoms with Crippen LogP contribution in [-0.2, 0) is 4.79 Å². The van der Waals surface area contributed by atoms with Crippen molar-refractivity contribution in [3.05, 3.63) is 58.1 Å². The predicted octanol–water partition coefficient (Wildman–Crippen LogP) is 3.75. The molecule has 2 rings (SSSR count). The van der Waals surface area contributed by atoms with E-state index >= 15 is 0 Å². The van der Waals surface area contributed by atoms with Crippen LogP contribution in [0.25, 0.3) is 0 Å². The number of nitrogens with one attached hydrogen (secondary N) is 2. The first-order valence-corrected chi connectivity index (χ1v) is 7.93. The Morgan fingerprint density at radius 2 is 1.83 bits per heavy atom. The van der Waals surface area contributed by atoms with E-state index < -0.39 is 0 Å². The van der Waals surface area contributed by atoms with Gasteiger partial charge >= 0.3 is 0 Å². The van der Waals surface area contributed by atoms with Gasteiger partial charge in [0.25, 0.3) is 5.91 Å². The molecule has 0 heterocycles. The highest BCUT2D eigenvalue weighted by molar-refractivity contribution is 6.35. The monoisotopic (exact) mass is 365 g/mol. The van der Waals surface area contributed by atoms with Crippen molar-refractivity contribution in [1.29, 1.82) is 0 Å². The SMILES string of the molecule is CN(C)C(=O)c1cccc(NCC(=O)Nc2cc(Cl)ccc2Cl)c1. The molecule has 0 aliphatic heterocycles. The number of rotatable bonds is 5. The fourth-order valence-electron chi connectivity index (χ4n) is 1.99. The van der Waals surface area contributed by atoms with Crippen LogP contribution in [-0.4, -0.2) is 37.4 Å². The summed E-state index contributed by atoms with van der Waals surface area (Å²) in [6, 6.07) is 11.8. The largest absolute Gasteiger partial charge is 0.376 e. The molecule has 24 heavy (non-hydrogen) atoms. The predicted molar refractivity (Wildman–Crippen MR) is 98.0 cm³/mol. The molecule has 2 amide bonds. The fourth-order valence-corrected chi connectivity index (χ4v) is 2.33. The summed E-state index contributed by atoms with van der Waals surface area (Å²) >= 11 is 11.9.